The van der Waals surface area contributed by atoms with Crippen molar-refractivity contribution in [1.29, 1.82) is 0 Å². The van der Waals surface area contributed by atoms with Crippen LogP contribution in [0.5, 0.6) is 0 Å². The Morgan fingerprint density at radius 3 is 1.93 bits per heavy atom. The van der Waals surface area contributed by atoms with Crippen molar-refractivity contribution in [2.24, 2.45) is 11.8 Å². The van der Waals surface area contributed by atoms with Crippen molar-refractivity contribution in [3.63, 3.8) is 0 Å². The lowest BCUT2D eigenvalue weighted by Gasteiger charge is -2.38. The third kappa shape index (κ3) is 2.07. The molecule has 90 valence electrons. The van der Waals surface area contributed by atoms with Gasteiger partial charge >= 0.3 is 0 Å². The molecule has 0 aromatic rings. The van der Waals surface area contributed by atoms with Gasteiger partial charge in [0.1, 0.15) is 0 Å². The standard InChI is InChI=1S/C13H27NO/c1-7-10(8-2)11-9-12(3,4)14(15)13(11,5)6/h10-11,15H,7-9H2,1-6H3. The minimum atomic E-state index is -0.0831. The van der Waals surface area contributed by atoms with Gasteiger partial charge in [0.2, 0.25) is 0 Å². The lowest BCUT2D eigenvalue weighted by atomic mass is 9.75. The van der Waals surface area contributed by atoms with Crippen LogP contribution in [-0.4, -0.2) is 21.3 Å². The van der Waals surface area contributed by atoms with Crippen LogP contribution >= 0.6 is 0 Å². The van der Waals surface area contributed by atoms with Gasteiger partial charge in [0.05, 0.1) is 0 Å². The predicted octanol–water partition coefficient (Wildman–Crippen LogP) is 3.69. The first-order valence-corrected chi connectivity index (χ1v) is 6.26. The first-order valence-electron chi connectivity index (χ1n) is 6.26. The summed E-state index contributed by atoms with van der Waals surface area (Å²) >= 11 is 0. The van der Waals surface area contributed by atoms with Gasteiger partial charge in [-0.15, -0.1) is 0 Å². The van der Waals surface area contributed by atoms with Crippen LogP contribution in [-0.2, 0) is 0 Å². The predicted molar refractivity (Wildman–Crippen MR) is 64.0 cm³/mol. The van der Waals surface area contributed by atoms with Gasteiger partial charge in [0, 0.05) is 11.1 Å². The molecule has 0 aliphatic carbocycles. The highest BCUT2D eigenvalue weighted by atomic mass is 16.5. The smallest absolute Gasteiger partial charge is 0.0441 e. The Morgan fingerprint density at radius 2 is 1.67 bits per heavy atom. The molecule has 2 heteroatoms. The van der Waals surface area contributed by atoms with Gasteiger partial charge in [-0.3, -0.25) is 0 Å². The molecule has 1 aliphatic rings. The molecule has 1 aliphatic heterocycles. The van der Waals surface area contributed by atoms with Crippen molar-refractivity contribution >= 4 is 0 Å². The topological polar surface area (TPSA) is 23.5 Å². The van der Waals surface area contributed by atoms with E-state index in [9.17, 15) is 5.21 Å². The van der Waals surface area contributed by atoms with Gasteiger partial charge in [0.25, 0.3) is 0 Å². The number of hydrogen-bond donors (Lipinski definition) is 1. The van der Waals surface area contributed by atoms with E-state index < -0.39 is 0 Å². The molecule has 1 N–H and O–H groups in total. The normalized spacial score (nSPS) is 30.0. The van der Waals surface area contributed by atoms with Crippen LogP contribution in [0.3, 0.4) is 0 Å². The highest BCUT2D eigenvalue weighted by Gasteiger charge is 2.52. The Kier molecular flexibility index (Phi) is 3.52. The van der Waals surface area contributed by atoms with Gasteiger partial charge in [-0.05, 0) is 46.0 Å². The second-order valence-corrected chi connectivity index (χ2v) is 6.17. The third-order valence-electron chi connectivity index (χ3n) is 4.36. The Bertz CT molecular complexity index is 219. The van der Waals surface area contributed by atoms with E-state index in [2.05, 4.69) is 41.5 Å². The zero-order chi connectivity index (χ0) is 11.9. The summed E-state index contributed by atoms with van der Waals surface area (Å²) in [6, 6.07) is 0. The molecule has 1 saturated heterocycles. The number of rotatable bonds is 3. The average Bonchev–Trinajstić information content (AvgIpc) is 2.30. The van der Waals surface area contributed by atoms with Crippen LogP contribution in [0.4, 0.5) is 0 Å². The van der Waals surface area contributed by atoms with Crippen LogP contribution in [0.25, 0.3) is 0 Å². The maximum atomic E-state index is 10.2. The van der Waals surface area contributed by atoms with E-state index in [4.69, 9.17) is 0 Å². The molecule has 0 bridgehead atoms. The summed E-state index contributed by atoms with van der Waals surface area (Å²) in [5.41, 5.74) is -0.156. The van der Waals surface area contributed by atoms with E-state index in [0.717, 1.165) is 12.3 Å². The molecule has 0 aromatic heterocycles. The maximum absolute atomic E-state index is 10.2. The Morgan fingerprint density at radius 1 is 1.20 bits per heavy atom. The summed E-state index contributed by atoms with van der Waals surface area (Å²) in [7, 11) is 0. The average molecular weight is 213 g/mol. The minimum absolute atomic E-state index is 0.0727. The Balaban J connectivity index is 2.92. The summed E-state index contributed by atoms with van der Waals surface area (Å²) in [4.78, 5) is 0. The molecule has 1 rings (SSSR count). The third-order valence-corrected chi connectivity index (χ3v) is 4.36. The van der Waals surface area contributed by atoms with Crippen LogP contribution in [0.1, 0.15) is 60.8 Å². The van der Waals surface area contributed by atoms with Crippen LogP contribution in [0, 0.1) is 11.8 Å². The van der Waals surface area contributed by atoms with E-state index in [1.165, 1.54) is 12.8 Å². The molecule has 0 radical (unpaired) electrons. The van der Waals surface area contributed by atoms with Crippen molar-refractivity contribution < 1.29 is 5.21 Å². The maximum Gasteiger partial charge on any atom is 0.0441 e. The summed E-state index contributed by atoms with van der Waals surface area (Å²) < 4.78 is 0. The Hall–Kier alpha value is -0.0800. The molecule has 1 fully saturated rings. The molecule has 0 aromatic carbocycles. The number of hydroxylamine groups is 2. The van der Waals surface area contributed by atoms with Gasteiger partial charge < -0.3 is 5.21 Å². The fourth-order valence-corrected chi connectivity index (χ4v) is 3.41. The number of nitrogens with zero attached hydrogens (tertiary/aromatic N) is 1. The molecule has 2 nitrogen and oxygen atoms in total. The van der Waals surface area contributed by atoms with Crippen molar-refractivity contribution in [2.45, 2.75) is 71.9 Å². The van der Waals surface area contributed by atoms with E-state index in [-0.39, 0.29) is 11.1 Å². The second-order valence-electron chi connectivity index (χ2n) is 6.17. The molecule has 1 heterocycles. The molecule has 1 unspecified atom stereocenters. The van der Waals surface area contributed by atoms with E-state index in [1.807, 2.05) is 0 Å². The zero-order valence-corrected chi connectivity index (χ0v) is 11.2. The second kappa shape index (κ2) is 4.06. The number of hydrogen-bond acceptors (Lipinski definition) is 2. The quantitative estimate of drug-likeness (QED) is 0.773. The summed E-state index contributed by atoms with van der Waals surface area (Å²) in [5, 5.41) is 11.8. The van der Waals surface area contributed by atoms with Crippen molar-refractivity contribution in [3.05, 3.63) is 0 Å². The fourth-order valence-electron chi connectivity index (χ4n) is 3.41. The Labute approximate surface area is 94.6 Å². The van der Waals surface area contributed by atoms with E-state index in [1.54, 1.807) is 5.06 Å². The lowest BCUT2D eigenvalue weighted by molar-refractivity contribution is -0.198. The van der Waals surface area contributed by atoms with Crippen molar-refractivity contribution in [1.82, 2.24) is 5.06 Å². The molecule has 1 atom stereocenters. The van der Waals surface area contributed by atoms with Gasteiger partial charge in [0.15, 0.2) is 0 Å². The monoisotopic (exact) mass is 213 g/mol. The largest absolute Gasteiger partial charge is 0.313 e. The van der Waals surface area contributed by atoms with Crippen molar-refractivity contribution in [2.75, 3.05) is 0 Å². The summed E-state index contributed by atoms with van der Waals surface area (Å²) in [6.45, 7) is 13.1. The fraction of sp³-hybridized carbons (Fsp3) is 1.00. The highest BCUT2D eigenvalue weighted by molar-refractivity contribution is 5.03. The van der Waals surface area contributed by atoms with Gasteiger partial charge in [-0.25, -0.2) is 0 Å². The molecular formula is C13H27NO. The van der Waals surface area contributed by atoms with Crippen LogP contribution in [0.2, 0.25) is 0 Å². The SMILES string of the molecule is CCC(CC)C1CC(C)(C)N(O)C1(C)C. The molecule has 0 spiro atoms. The summed E-state index contributed by atoms with van der Waals surface area (Å²) in [5.74, 6) is 1.34. The van der Waals surface area contributed by atoms with Crippen LogP contribution < -0.4 is 0 Å². The summed E-state index contributed by atoms with van der Waals surface area (Å²) in [6.07, 6.45) is 3.53. The minimum Gasteiger partial charge on any atom is -0.313 e. The van der Waals surface area contributed by atoms with Gasteiger partial charge in [-0.1, -0.05) is 26.7 Å². The van der Waals surface area contributed by atoms with E-state index in [0.29, 0.717) is 5.92 Å². The van der Waals surface area contributed by atoms with E-state index >= 15 is 0 Å². The molecular weight excluding hydrogens is 186 g/mol. The molecule has 0 saturated carbocycles. The van der Waals surface area contributed by atoms with Crippen molar-refractivity contribution in [3.8, 4) is 0 Å². The highest BCUT2D eigenvalue weighted by Crippen LogP contribution is 2.48. The molecule has 15 heavy (non-hydrogen) atoms. The first-order chi connectivity index (χ1) is 6.77. The van der Waals surface area contributed by atoms with Crippen LogP contribution in [0.15, 0.2) is 0 Å². The zero-order valence-electron chi connectivity index (χ0n) is 11.2. The first kappa shape index (κ1) is 13.0. The molecule has 0 amide bonds. The lowest BCUT2D eigenvalue weighted by Crippen LogP contribution is -2.48. The van der Waals surface area contributed by atoms with Gasteiger partial charge in [-0.2, -0.15) is 5.06 Å².